The fraction of sp³-hybridized carbons (Fsp3) is 0.864. The highest BCUT2D eigenvalue weighted by atomic mass is 16.6. The number of carbonyl (C=O) groups is 1. The molecule has 0 unspecified atom stereocenters. The molecule has 2 saturated heterocycles. The Morgan fingerprint density at radius 2 is 2.07 bits per heavy atom. The lowest BCUT2D eigenvalue weighted by atomic mass is 9.71. The normalized spacial score (nSPS) is 46.3. The van der Waals surface area contributed by atoms with E-state index in [0.29, 0.717) is 24.8 Å². The summed E-state index contributed by atoms with van der Waals surface area (Å²) in [7, 11) is 1.47. The minimum Gasteiger partial charge on any atom is -0.496 e. The van der Waals surface area contributed by atoms with E-state index in [2.05, 4.69) is 4.90 Å². The highest BCUT2D eigenvalue weighted by Crippen LogP contribution is 2.61. The van der Waals surface area contributed by atoms with E-state index in [1.807, 2.05) is 13.8 Å². The maximum Gasteiger partial charge on any atom is 0.338 e. The van der Waals surface area contributed by atoms with Crippen molar-refractivity contribution < 1.29 is 29.6 Å². The van der Waals surface area contributed by atoms with Gasteiger partial charge in [-0.15, -0.1) is 0 Å². The lowest BCUT2D eigenvalue weighted by Crippen LogP contribution is -2.62. The van der Waals surface area contributed by atoms with Crippen LogP contribution in [0.1, 0.15) is 59.3 Å². The van der Waals surface area contributed by atoms with Crippen molar-refractivity contribution in [3.8, 4) is 0 Å². The molecule has 7 heteroatoms. The second kappa shape index (κ2) is 7.22. The smallest absolute Gasteiger partial charge is 0.338 e. The summed E-state index contributed by atoms with van der Waals surface area (Å²) in [5, 5.41) is 34.2. The fourth-order valence-electron chi connectivity index (χ4n) is 7.00. The predicted octanol–water partition coefficient (Wildman–Crippen LogP) is 1.35. The van der Waals surface area contributed by atoms with Crippen LogP contribution in [0.3, 0.4) is 0 Å². The van der Waals surface area contributed by atoms with Crippen LogP contribution in [0.2, 0.25) is 0 Å². The highest BCUT2D eigenvalue weighted by Gasteiger charge is 2.76. The highest BCUT2D eigenvalue weighted by molar-refractivity contribution is 5.92. The fourth-order valence-corrected chi connectivity index (χ4v) is 7.00. The molecule has 0 radical (unpaired) electrons. The van der Waals surface area contributed by atoms with Crippen molar-refractivity contribution in [3.63, 3.8) is 0 Å². The van der Waals surface area contributed by atoms with E-state index in [1.165, 1.54) is 7.11 Å². The summed E-state index contributed by atoms with van der Waals surface area (Å²) >= 11 is 0. The molecule has 1 spiro atoms. The molecule has 1 aliphatic carbocycles. The topological polar surface area (TPSA) is 99.5 Å². The molecule has 164 valence electrons. The molecule has 0 aromatic carbocycles. The van der Waals surface area contributed by atoms with Crippen LogP contribution in [0.25, 0.3) is 0 Å². The van der Waals surface area contributed by atoms with Crippen molar-refractivity contribution in [3.05, 3.63) is 11.3 Å². The number of aliphatic hydroxyl groups is 3. The van der Waals surface area contributed by atoms with Gasteiger partial charge in [-0.25, -0.2) is 4.79 Å². The molecule has 4 rings (SSSR count). The van der Waals surface area contributed by atoms with Crippen molar-refractivity contribution in [2.75, 3.05) is 13.7 Å². The number of methoxy groups -OCH3 is 1. The van der Waals surface area contributed by atoms with Gasteiger partial charge in [0.25, 0.3) is 0 Å². The number of esters is 1. The van der Waals surface area contributed by atoms with Gasteiger partial charge in [-0.1, -0.05) is 20.3 Å². The van der Waals surface area contributed by atoms with Crippen molar-refractivity contribution >= 4 is 5.97 Å². The molecular formula is C22H35NO6. The summed E-state index contributed by atoms with van der Waals surface area (Å²) in [5.41, 5.74) is -2.65. The van der Waals surface area contributed by atoms with Crippen molar-refractivity contribution in [2.45, 2.75) is 94.8 Å². The first-order valence-electron chi connectivity index (χ1n) is 11.1. The van der Waals surface area contributed by atoms with E-state index >= 15 is 0 Å². The number of rotatable bonds is 3. The van der Waals surface area contributed by atoms with E-state index in [4.69, 9.17) is 9.47 Å². The van der Waals surface area contributed by atoms with Gasteiger partial charge in [0.1, 0.15) is 11.7 Å². The van der Waals surface area contributed by atoms with Gasteiger partial charge in [0.15, 0.2) is 5.76 Å². The lowest BCUT2D eigenvalue weighted by Gasteiger charge is -2.49. The van der Waals surface area contributed by atoms with E-state index in [9.17, 15) is 20.1 Å². The zero-order valence-electron chi connectivity index (χ0n) is 17.9. The third-order valence-electron chi connectivity index (χ3n) is 8.22. The molecule has 8 atom stereocenters. The Labute approximate surface area is 172 Å². The Bertz CT molecular complexity index is 709. The van der Waals surface area contributed by atoms with Gasteiger partial charge in [0.05, 0.1) is 18.8 Å². The number of nitrogens with zero attached hydrogens (tertiary/aromatic N) is 1. The number of carbonyl (C=O) groups excluding carboxylic acids is 1. The third kappa shape index (κ3) is 2.60. The summed E-state index contributed by atoms with van der Waals surface area (Å²) in [6.07, 6.45) is 3.16. The van der Waals surface area contributed by atoms with E-state index in [-0.39, 0.29) is 29.7 Å². The largest absolute Gasteiger partial charge is 0.496 e. The molecule has 0 bridgehead atoms. The molecule has 4 aliphatic rings. The Balaban J connectivity index is 1.81. The minimum atomic E-state index is -1.56. The SMILES string of the molecule is CC[C@H](O)[C@@H]1CCC[C@@H]2[C@@H]3[C@@H](C)[C@@H](O)[C@]4(OC(=O)C(C)=C4OC)[C@@]3(O)CCCN21. The van der Waals surface area contributed by atoms with Crippen LogP contribution in [0.5, 0.6) is 0 Å². The Morgan fingerprint density at radius 3 is 2.72 bits per heavy atom. The minimum absolute atomic E-state index is 0.0178. The standard InChI is InChI=1S/C22H35NO6/c1-5-16(24)14-8-6-9-15-17-12(2)18(25)22(19(28-4)13(3)20(26)29-22)21(17,27)10-7-11-23(14)15/h12,14-18,24-25,27H,5-11H2,1-4H3/t12-,14+,15-,16+,17+,18-,21-,22-/m1/s1. The molecule has 3 N–H and O–H groups in total. The van der Waals surface area contributed by atoms with E-state index < -0.39 is 29.4 Å². The number of piperidine rings is 1. The molecule has 29 heavy (non-hydrogen) atoms. The molecule has 0 aromatic rings. The van der Waals surface area contributed by atoms with Crippen LogP contribution >= 0.6 is 0 Å². The zero-order valence-corrected chi connectivity index (χ0v) is 17.9. The van der Waals surface area contributed by atoms with Crippen LogP contribution in [0.4, 0.5) is 0 Å². The Morgan fingerprint density at radius 1 is 1.34 bits per heavy atom. The van der Waals surface area contributed by atoms with E-state index in [0.717, 1.165) is 25.8 Å². The van der Waals surface area contributed by atoms with Gasteiger partial charge in [0.2, 0.25) is 5.60 Å². The summed E-state index contributed by atoms with van der Waals surface area (Å²) < 4.78 is 11.4. The predicted molar refractivity (Wildman–Crippen MR) is 106 cm³/mol. The second-order valence-corrected chi connectivity index (χ2v) is 9.42. The first-order valence-corrected chi connectivity index (χ1v) is 11.1. The summed E-state index contributed by atoms with van der Waals surface area (Å²) in [5.74, 6) is -0.838. The van der Waals surface area contributed by atoms with Gasteiger partial charge in [-0.05, 0) is 51.5 Å². The van der Waals surface area contributed by atoms with Crippen molar-refractivity contribution in [1.29, 1.82) is 0 Å². The number of ether oxygens (including phenoxy) is 2. The first-order chi connectivity index (χ1) is 13.7. The number of fused-ring (bicyclic) bond motifs is 4. The van der Waals surface area contributed by atoms with Crippen LogP contribution in [0.15, 0.2) is 11.3 Å². The Kier molecular flexibility index (Phi) is 5.25. The van der Waals surface area contributed by atoms with Crippen LogP contribution < -0.4 is 0 Å². The number of hydrogen-bond acceptors (Lipinski definition) is 7. The van der Waals surface area contributed by atoms with Gasteiger partial charge in [-0.2, -0.15) is 0 Å². The van der Waals surface area contributed by atoms with Crippen molar-refractivity contribution in [1.82, 2.24) is 4.90 Å². The van der Waals surface area contributed by atoms with Gasteiger partial charge >= 0.3 is 5.97 Å². The maximum absolute atomic E-state index is 12.5. The molecule has 3 aliphatic heterocycles. The van der Waals surface area contributed by atoms with Gasteiger partial charge in [0, 0.05) is 18.0 Å². The van der Waals surface area contributed by atoms with E-state index in [1.54, 1.807) is 6.92 Å². The Hall–Kier alpha value is -1.15. The molecule has 0 aromatic heterocycles. The quantitative estimate of drug-likeness (QED) is 0.605. The van der Waals surface area contributed by atoms with Crippen molar-refractivity contribution in [2.24, 2.45) is 11.8 Å². The second-order valence-electron chi connectivity index (χ2n) is 9.42. The lowest BCUT2D eigenvalue weighted by molar-refractivity contribution is -0.202. The molecule has 3 fully saturated rings. The molecular weight excluding hydrogens is 374 g/mol. The van der Waals surface area contributed by atoms with Gasteiger partial charge in [-0.3, -0.25) is 4.90 Å². The molecule has 0 amide bonds. The summed E-state index contributed by atoms with van der Waals surface area (Å²) in [4.78, 5) is 14.9. The average molecular weight is 410 g/mol. The molecule has 1 saturated carbocycles. The summed E-state index contributed by atoms with van der Waals surface area (Å²) in [6, 6.07) is 0.0801. The maximum atomic E-state index is 12.5. The monoisotopic (exact) mass is 409 g/mol. The average Bonchev–Trinajstić information content (AvgIpc) is 2.97. The molecule has 3 heterocycles. The molecule has 7 nitrogen and oxygen atoms in total. The third-order valence-corrected chi connectivity index (χ3v) is 8.22. The number of hydrogen-bond donors (Lipinski definition) is 3. The van der Waals surface area contributed by atoms with Gasteiger partial charge < -0.3 is 24.8 Å². The zero-order chi connectivity index (χ0) is 21.1. The van der Waals surface area contributed by atoms with Crippen LogP contribution in [-0.2, 0) is 14.3 Å². The first kappa shape index (κ1) is 21.1. The number of aliphatic hydroxyl groups excluding tert-OH is 2. The summed E-state index contributed by atoms with van der Waals surface area (Å²) in [6.45, 7) is 6.34. The van der Waals surface area contributed by atoms with Crippen LogP contribution in [-0.4, -0.2) is 75.3 Å². The van der Waals surface area contributed by atoms with Crippen LogP contribution in [0, 0.1) is 11.8 Å².